The normalized spacial score (nSPS) is 10.5. The van der Waals surface area contributed by atoms with E-state index in [9.17, 15) is 0 Å². The molecule has 0 aliphatic heterocycles. The smallest absolute Gasteiger partial charge is 0.0319 e. The Bertz CT molecular complexity index is 254. The third-order valence-corrected chi connectivity index (χ3v) is 1.69. The lowest BCUT2D eigenvalue weighted by Crippen LogP contribution is -1.76. The summed E-state index contributed by atoms with van der Waals surface area (Å²) in [7, 11) is 2.00. The van der Waals surface area contributed by atoms with Gasteiger partial charge in [-0.05, 0) is 17.5 Å². The fourth-order valence-electron chi connectivity index (χ4n) is 1.20. The second kappa shape index (κ2) is 7.53. The molecule has 0 spiro atoms. The summed E-state index contributed by atoms with van der Waals surface area (Å²) >= 11 is 0. The van der Waals surface area contributed by atoms with Gasteiger partial charge in [0, 0.05) is 14.2 Å². The summed E-state index contributed by atoms with van der Waals surface area (Å²) in [5.74, 6) is 0. The quantitative estimate of drug-likeness (QED) is 0.634. The van der Waals surface area contributed by atoms with E-state index < -0.39 is 0 Å². The van der Waals surface area contributed by atoms with Gasteiger partial charge < -0.3 is 10.2 Å². The number of aliphatic hydroxyl groups is 2. The number of rotatable bonds is 0. The molecule has 2 rings (SSSR count). The summed E-state index contributed by atoms with van der Waals surface area (Å²) in [6, 6.07) is 8.49. The minimum absolute atomic E-state index is 1.00. The molecule has 2 heteroatoms. The molecule has 0 atom stereocenters. The van der Waals surface area contributed by atoms with E-state index >= 15 is 0 Å². The summed E-state index contributed by atoms with van der Waals surface area (Å²) in [6.07, 6.45) is 5.50. The van der Waals surface area contributed by atoms with Crippen molar-refractivity contribution >= 4 is 6.08 Å². The molecule has 0 radical (unpaired) electrons. The van der Waals surface area contributed by atoms with E-state index in [0.29, 0.717) is 0 Å². The van der Waals surface area contributed by atoms with Crippen molar-refractivity contribution in [3.63, 3.8) is 0 Å². The van der Waals surface area contributed by atoms with Gasteiger partial charge in [0.1, 0.15) is 0 Å². The maximum atomic E-state index is 7.00. The van der Waals surface area contributed by atoms with E-state index in [2.05, 4.69) is 36.4 Å². The Labute approximate surface area is 79.2 Å². The molecule has 72 valence electrons. The molecule has 2 nitrogen and oxygen atoms in total. The van der Waals surface area contributed by atoms with E-state index in [0.717, 1.165) is 20.6 Å². The summed E-state index contributed by atoms with van der Waals surface area (Å²) in [5.41, 5.74) is 2.84. The molecule has 0 bridgehead atoms. The molecule has 0 saturated heterocycles. The van der Waals surface area contributed by atoms with Crippen LogP contribution in [-0.4, -0.2) is 24.4 Å². The fraction of sp³-hybridized carbons (Fsp3) is 0.273. The second-order valence-corrected chi connectivity index (χ2v) is 2.31. The molecule has 1 aromatic carbocycles. The number of hydrogen-bond acceptors (Lipinski definition) is 2. The van der Waals surface area contributed by atoms with Crippen LogP contribution >= 0.6 is 0 Å². The number of benzene rings is 1. The van der Waals surface area contributed by atoms with Crippen molar-refractivity contribution in [1.82, 2.24) is 0 Å². The van der Waals surface area contributed by atoms with Crippen molar-refractivity contribution in [3.8, 4) is 0 Å². The Balaban J connectivity index is 0.000000322. The van der Waals surface area contributed by atoms with Crippen molar-refractivity contribution in [2.45, 2.75) is 6.42 Å². The van der Waals surface area contributed by atoms with E-state index in [1.807, 2.05) is 0 Å². The lowest BCUT2D eigenvalue weighted by atomic mass is 10.1. The van der Waals surface area contributed by atoms with Crippen molar-refractivity contribution in [3.05, 3.63) is 41.5 Å². The summed E-state index contributed by atoms with van der Waals surface area (Å²) in [4.78, 5) is 0. The Morgan fingerprint density at radius 2 is 1.62 bits per heavy atom. The van der Waals surface area contributed by atoms with E-state index in [1.54, 1.807) is 0 Å². The van der Waals surface area contributed by atoms with Crippen LogP contribution < -0.4 is 0 Å². The molecule has 0 saturated carbocycles. The predicted molar refractivity (Wildman–Crippen MR) is 55.5 cm³/mol. The van der Waals surface area contributed by atoms with Gasteiger partial charge in [-0.3, -0.25) is 0 Å². The highest BCUT2D eigenvalue weighted by molar-refractivity contribution is 5.59. The Morgan fingerprint density at radius 3 is 2.23 bits per heavy atom. The van der Waals surface area contributed by atoms with Gasteiger partial charge in [0.25, 0.3) is 0 Å². The second-order valence-electron chi connectivity index (χ2n) is 2.31. The molecule has 0 amide bonds. The highest BCUT2D eigenvalue weighted by Gasteiger charge is 2.00. The standard InChI is InChI=1S/C9H8.2CH4O/c1-2-5-9-7-3-6-8(9)4-1;2*1-2/h1-6H,7H2;2*2H,1H3. The lowest BCUT2D eigenvalue weighted by Gasteiger charge is -1.93. The molecule has 1 aromatic rings. The molecule has 0 fully saturated rings. The van der Waals surface area contributed by atoms with Crippen LogP contribution in [0.3, 0.4) is 0 Å². The Kier molecular flexibility index (Phi) is 6.88. The van der Waals surface area contributed by atoms with Crippen LogP contribution in [0, 0.1) is 0 Å². The highest BCUT2D eigenvalue weighted by Crippen LogP contribution is 2.17. The molecule has 0 unspecified atom stereocenters. The van der Waals surface area contributed by atoms with Crippen LogP contribution in [-0.2, 0) is 6.42 Å². The van der Waals surface area contributed by atoms with Crippen LogP contribution in [0.4, 0.5) is 0 Å². The lowest BCUT2D eigenvalue weighted by molar-refractivity contribution is 0.399. The van der Waals surface area contributed by atoms with Crippen LogP contribution in [0.5, 0.6) is 0 Å². The number of allylic oxidation sites excluding steroid dienone is 1. The zero-order valence-electron chi connectivity index (χ0n) is 8.07. The molecular formula is C11H16O2. The van der Waals surface area contributed by atoms with Gasteiger partial charge in [0.05, 0.1) is 0 Å². The van der Waals surface area contributed by atoms with Gasteiger partial charge in [-0.15, -0.1) is 0 Å². The SMILES string of the molecule is C1=Cc2ccccc2C1.CO.CO. The highest BCUT2D eigenvalue weighted by atomic mass is 16.2. The van der Waals surface area contributed by atoms with Crippen molar-refractivity contribution < 1.29 is 10.2 Å². The largest absolute Gasteiger partial charge is 0.400 e. The molecule has 0 heterocycles. The molecule has 13 heavy (non-hydrogen) atoms. The molecule has 1 aliphatic carbocycles. The van der Waals surface area contributed by atoms with Gasteiger partial charge in [0.2, 0.25) is 0 Å². The first kappa shape index (κ1) is 11.9. The van der Waals surface area contributed by atoms with Crippen molar-refractivity contribution in [2.75, 3.05) is 14.2 Å². The topological polar surface area (TPSA) is 40.5 Å². The van der Waals surface area contributed by atoms with Gasteiger partial charge in [0.15, 0.2) is 0 Å². The number of fused-ring (bicyclic) bond motifs is 1. The molecular weight excluding hydrogens is 164 g/mol. The minimum Gasteiger partial charge on any atom is -0.400 e. The molecule has 2 N–H and O–H groups in total. The monoisotopic (exact) mass is 180 g/mol. The first-order valence-corrected chi connectivity index (χ1v) is 4.11. The fourth-order valence-corrected chi connectivity index (χ4v) is 1.20. The van der Waals surface area contributed by atoms with Crippen LogP contribution in [0.15, 0.2) is 30.3 Å². The van der Waals surface area contributed by atoms with Crippen LogP contribution in [0.1, 0.15) is 11.1 Å². The van der Waals surface area contributed by atoms with Crippen LogP contribution in [0.25, 0.3) is 6.08 Å². The van der Waals surface area contributed by atoms with E-state index in [-0.39, 0.29) is 0 Å². The average Bonchev–Trinajstić information content (AvgIpc) is 2.71. The molecule has 0 aromatic heterocycles. The summed E-state index contributed by atoms with van der Waals surface area (Å²) < 4.78 is 0. The van der Waals surface area contributed by atoms with Crippen molar-refractivity contribution in [1.29, 1.82) is 0 Å². The van der Waals surface area contributed by atoms with E-state index in [4.69, 9.17) is 10.2 Å². The van der Waals surface area contributed by atoms with Gasteiger partial charge in [-0.2, -0.15) is 0 Å². The van der Waals surface area contributed by atoms with Gasteiger partial charge in [-0.1, -0.05) is 36.4 Å². The average molecular weight is 180 g/mol. The third kappa shape index (κ3) is 3.40. The summed E-state index contributed by atoms with van der Waals surface area (Å²) in [5, 5.41) is 14.0. The van der Waals surface area contributed by atoms with E-state index in [1.165, 1.54) is 11.1 Å². The zero-order chi connectivity index (χ0) is 10.1. The van der Waals surface area contributed by atoms with Gasteiger partial charge in [-0.25, -0.2) is 0 Å². The maximum Gasteiger partial charge on any atom is 0.0319 e. The zero-order valence-corrected chi connectivity index (χ0v) is 8.07. The first-order chi connectivity index (χ1) is 6.47. The third-order valence-electron chi connectivity index (χ3n) is 1.69. The predicted octanol–water partition coefficient (Wildman–Crippen LogP) is 1.47. The van der Waals surface area contributed by atoms with Gasteiger partial charge >= 0.3 is 0 Å². The van der Waals surface area contributed by atoms with Crippen molar-refractivity contribution in [2.24, 2.45) is 0 Å². The first-order valence-electron chi connectivity index (χ1n) is 4.11. The molecule has 1 aliphatic rings. The number of aliphatic hydroxyl groups excluding tert-OH is 2. The minimum atomic E-state index is 1.00. The number of hydrogen-bond donors (Lipinski definition) is 2. The maximum absolute atomic E-state index is 7.00. The Morgan fingerprint density at radius 1 is 1.00 bits per heavy atom. The Hall–Kier alpha value is -1.12. The van der Waals surface area contributed by atoms with Crippen LogP contribution in [0.2, 0.25) is 0 Å². The summed E-state index contributed by atoms with van der Waals surface area (Å²) in [6.45, 7) is 0.